The van der Waals surface area contributed by atoms with E-state index in [1.54, 1.807) is 0 Å². The third kappa shape index (κ3) is 3.71. The van der Waals surface area contributed by atoms with Crippen molar-refractivity contribution in [2.45, 2.75) is 44.2 Å². The molecule has 0 heterocycles. The van der Waals surface area contributed by atoms with E-state index in [9.17, 15) is 30.7 Å². The van der Waals surface area contributed by atoms with Crippen molar-refractivity contribution in [2.75, 3.05) is 0 Å². The van der Waals surface area contributed by atoms with Crippen LogP contribution in [0.1, 0.15) is 19.8 Å². The maximum atomic E-state index is 12.4. The Hall–Kier alpha value is -0.490. The van der Waals surface area contributed by atoms with E-state index in [4.69, 9.17) is 0 Å². The first-order valence-electron chi connectivity index (χ1n) is 3.84. The molecule has 7 heteroatoms. The molecule has 0 saturated heterocycles. The molecule has 0 aliphatic carbocycles. The molecule has 0 spiro atoms. The zero-order valence-electron chi connectivity index (χ0n) is 7.21. The van der Waals surface area contributed by atoms with Crippen LogP contribution in [0.5, 0.6) is 0 Å². The van der Waals surface area contributed by atoms with E-state index in [-0.39, 0.29) is 6.42 Å². The smallest absolute Gasteiger partial charge is 0.247 e. The summed E-state index contributed by atoms with van der Waals surface area (Å²) in [6, 6.07) is 0. The molecule has 86 valence electrons. The van der Waals surface area contributed by atoms with Crippen LogP contribution in [0, 0.1) is 0 Å². The Balaban J connectivity index is 4.45. The summed E-state index contributed by atoms with van der Waals surface area (Å²) < 4.78 is 83.9. The largest absolute Gasteiger partial charge is 0.425 e. The Morgan fingerprint density at radius 2 is 1.43 bits per heavy atom. The first-order valence-corrected chi connectivity index (χ1v) is 3.84. The van der Waals surface area contributed by atoms with Crippen LogP contribution < -0.4 is 0 Å². The lowest BCUT2D eigenvalue weighted by atomic mass is 10.1. The SMILES string of the molecule is CCC(F)CC(F)(F)[C@H](F)C(F)(F)F. The minimum atomic E-state index is -5.66. The lowest BCUT2D eigenvalue weighted by Gasteiger charge is -2.23. The Morgan fingerprint density at radius 1 is 1.00 bits per heavy atom. The van der Waals surface area contributed by atoms with Gasteiger partial charge in [-0.3, -0.25) is 0 Å². The molecule has 0 aromatic carbocycles. The molecule has 0 aromatic rings. The van der Waals surface area contributed by atoms with Gasteiger partial charge in [0.05, 0.1) is 0 Å². The Kier molecular flexibility index (Phi) is 4.20. The van der Waals surface area contributed by atoms with Crippen molar-refractivity contribution in [3.8, 4) is 0 Å². The summed E-state index contributed by atoms with van der Waals surface area (Å²) in [5.41, 5.74) is 0. The molecular formula is C7H9F7. The summed E-state index contributed by atoms with van der Waals surface area (Å²) in [6.07, 6.45) is -14.2. The second-order valence-electron chi connectivity index (χ2n) is 2.87. The zero-order chi connectivity index (χ0) is 11.6. The summed E-state index contributed by atoms with van der Waals surface area (Å²) in [6.45, 7) is 1.18. The summed E-state index contributed by atoms with van der Waals surface area (Å²) in [7, 11) is 0. The van der Waals surface area contributed by atoms with E-state index >= 15 is 0 Å². The van der Waals surface area contributed by atoms with Gasteiger partial charge in [-0.15, -0.1) is 0 Å². The molecular weight excluding hydrogens is 217 g/mol. The predicted molar refractivity (Wildman–Crippen MR) is 35.7 cm³/mol. The third-order valence-electron chi connectivity index (χ3n) is 1.59. The van der Waals surface area contributed by atoms with Crippen LogP contribution in [0.3, 0.4) is 0 Å². The molecule has 0 radical (unpaired) electrons. The minimum Gasteiger partial charge on any atom is -0.247 e. The molecule has 14 heavy (non-hydrogen) atoms. The highest BCUT2D eigenvalue weighted by atomic mass is 19.4. The highest BCUT2D eigenvalue weighted by Gasteiger charge is 2.57. The van der Waals surface area contributed by atoms with Crippen LogP contribution in [-0.2, 0) is 0 Å². The summed E-state index contributed by atoms with van der Waals surface area (Å²) in [5.74, 6) is -4.70. The van der Waals surface area contributed by atoms with Gasteiger partial charge in [0.15, 0.2) is 0 Å². The van der Waals surface area contributed by atoms with Crippen molar-refractivity contribution < 1.29 is 30.7 Å². The molecule has 0 nitrogen and oxygen atoms in total. The predicted octanol–water partition coefficient (Wildman–Crippen LogP) is 3.66. The maximum Gasteiger partial charge on any atom is 0.425 e. The van der Waals surface area contributed by atoms with E-state index in [2.05, 4.69) is 0 Å². The van der Waals surface area contributed by atoms with Gasteiger partial charge >= 0.3 is 6.18 Å². The lowest BCUT2D eigenvalue weighted by Crippen LogP contribution is -2.43. The standard InChI is InChI=1S/C7H9F7/c1-2-4(8)3-6(10,11)5(9)7(12,13)14/h4-5H,2-3H2,1H3/t4?,5-/m0/s1. The van der Waals surface area contributed by atoms with Crippen molar-refractivity contribution in [3.63, 3.8) is 0 Å². The van der Waals surface area contributed by atoms with Gasteiger partial charge in [-0.25, -0.2) is 17.6 Å². The number of hydrogen-bond donors (Lipinski definition) is 0. The first kappa shape index (κ1) is 13.5. The van der Waals surface area contributed by atoms with Gasteiger partial charge in [-0.2, -0.15) is 13.2 Å². The van der Waals surface area contributed by atoms with Crippen molar-refractivity contribution in [1.82, 2.24) is 0 Å². The van der Waals surface area contributed by atoms with E-state index in [0.29, 0.717) is 0 Å². The summed E-state index contributed by atoms with van der Waals surface area (Å²) in [5, 5.41) is 0. The molecule has 0 rings (SSSR count). The maximum absolute atomic E-state index is 12.4. The summed E-state index contributed by atoms with van der Waals surface area (Å²) >= 11 is 0. The Labute approximate surface area is 76.1 Å². The number of rotatable bonds is 4. The normalized spacial score (nSPS) is 18.0. The number of hydrogen-bond acceptors (Lipinski definition) is 0. The highest BCUT2D eigenvalue weighted by Crippen LogP contribution is 2.38. The van der Waals surface area contributed by atoms with Crippen LogP contribution >= 0.6 is 0 Å². The first-order chi connectivity index (χ1) is 6.11. The fourth-order valence-electron chi connectivity index (χ4n) is 0.783. The third-order valence-corrected chi connectivity index (χ3v) is 1.59. The molecule has 0 amide bonds. The molecule has 1 unspecified atom stereocenters. The molecule has 0 aliphatic heterocycles. The van der Waals surface area contributed by atoms with E-state index in [1.807, 2.05) is 0 Å². The van der Waals surface area contributed by atoms with Gasteiger partial charge in [0.2, 0.25) is 0 Å². The van der Waals surface area contributed by atoms with E-state index < -0.39 is 30.9 Å². The number of alkyl halides is 7. The van der Waals surface area contributed by atoms with Crippen LogP contribution in [0.2, 0.25) is 0 Å². The van der Waals surface area contributed by atoms with Crippen LogP contribution in [0.15, 0.2) is 0 Å². The van der Waals surface area contributed by atoms with Crippen LogP contribution in [0.25, 0.3) is 0 Å². The molecule has 0 N–H and O–H groups in total. The highest BCUT2D eigenvalue weighted by molar-refractivity contribution is 4.84. The quantitative estimate of drug-likeness (QED) is 0.641. The molecule has 0 aliphatic rings. The van der Waals surface area contributed by atoms with Gasteiger partial charge in [0, 0.05) is 6.42 Å². The Bertz CT molecular complexity index is 173. The fourth-order valence-corrected chi connectivity index (χ4v) is 0.783. The van der Waals surface area contributed by atoms with Gasteiger partial charge in [0.1, 0.15) is 6.17 Å². The van der Waals surface area contributed by atoms with Crippen LogP contribution in [0.4, 0.5) is 30.7 Å². The average molecular weight is 226 g/mol. The minimum absolute atomic E-state index is 0.375. The zero-order valence-corrected chi connectivity index (χ0v) is 7.21. The van der Waals surface area contributed by atoms with Gasteiger partial charge < -0.3 is 0 Å². The van der Waals surface area contributed by atoms with Gasteiger partial charge in [0.25, 0.3) is 12.1 Å². The van der Waals surface area contributed by atoms with Gasteiger partial charge in [-0.05, 0) is 6.42 Å². The lowest BCUT2D eigenvalue weighted by molar-refractivity contribution is -0.248. The van der Waals surface area contributed by atoms with Crippen molar-refractivity contribution in [3.05, 3.63) is 0 Å². The van der Waals surface area contributed by atoms with Crippen molar-refractivity contribution >= 4 is 0 Å². The molecule has 0 aromatic heterocycles. The van der Waals surface area contributed by atoms with Gasteiger partial charge in [-0.1, -0.05) is 6.92 Å². The van der Waals surface area contributed by atoms with Crippen molar-refractivity contribution in [1.29, 1.82) is 0 Å². The monoisotopic (exact) mass is 226 g/mol. The summed E-state index contributed by atoms with van der Waals surface area (Å²) in [4.78, 5) is 0. The average Bonchev–Trinajstić information content (AvgIpc) is 2.00. The second kappa shape index (κ2) is 4.35. The molecule has 0 bridgehead atoms. The van der Waals surface area contributed by atoms with Crippen LogP contribution in [-0.4, -0.2) is 24.4 Å². The molecule has 0 saturated carbocycles. The van der Waals surface area contributed by atoms with E-state index in [1.165, 1.54) is 6.92 Å². The fraction of sp³-hybridized carbons (Fsp3) is 1.00. The molecule has 0 fully saturated rings. The van der Waals surface area contributed by atoms with Crippen molar-refractivity contribution in [2.24, 2.45) is 0 Å². The van der Waals surface area contributed by atoms with E-state index in [0.717, 1.165) is 0 Å². The number of halogens is 7. The second-order valence-corrected chi connectivity index (χ2v) is 2.87. The Morgan fingerprint density at radius 3 is 1.71 bits per heavy atom. The molecule has 2 atom stereocenters. The topological polar surface area (TPSA) is 0 Å².